The van der Waals surface area contributed by atoms with Gasteiger partial charge in [-0.2, -0.15) is 13.2 Å². The van der Waals surface area contributed by atoms with Gasteiger partial charge in [0.05, 0.1) is 17.5 Å². The molecule has 2 aromatic carbocycles. The first-order valence-electron chi connectivity index (χ1n) is 16.3. The molecule has 8 nitrogen and oxygen atoms in total. The molecule has 0 radical (unpaired) electrons. The maximum Gasteiger partial charge on any atom is 0.416 e. The normalized spacial score (nSPS) is 26.4. The maximum atomic E-state index is 14.6. The van der Waals surface area contributed by atoms with Gasteiger partial charge in [0, 0.05) is 49.4 Å². The van der Waals surface area contributed by atoms with E-state index in [0.29, 0.717) is 43.3 Å². The molecule has 1 spiro atoms. The zero-order chi connectivity index (χ0) is 33.3. The molecule has 0 bridgehead atoms. The third kappa shape index (κ3) is 5.21. The Kier molecular flexibility index (Phi) is 7.50. The van der Waals surface area contributed by atoms with Crippen LogP contribution in [-0.4, -0.2) is 62.6 Å². The molecular formula is C36H39F3N6O2. The Hall–Kier alpha value is -4.17. The number of aromatic nitrogens is 3. The van der Waals surface area contributed by atoms with Gasteiger partial charge >= 0.3 is 6.18 Å². The number of alkyl halides is 3. The molecule has 1 saturated carbocycles. The molecule has 3 aliphatic heterocycles. The lowest BCUT2D eigenvalue weighted by atomic mass is 9.58. The van der Waals surface area contributed by atoms with Gasteiger partial charge in [-0.3, -0.25) is 14.5 Å². The molecule has 3 aromatic rings. The molecule has 3 fully saturated rings. The summed E-state index contributed by atoms with van der Waals surface area (Å²) in [5, 5.41) is 8.51. The van der Waals surface area contributed by atoms with Crippen molar-refractivity contribution in [3.05, 3.63) is 76.4 Å². The predicted molar refractivity (Wildman–Crippen MR) is 170 cm³/mol. The Morgan fingerprint density at radius 1 is 1.11 bits per heavy atom. The highest BCUT2D eigenvalue weighted by Gasteiger charge is 2.49. The van der Waals surface area contributed by atoms with Crippen molar-refractivity contribution in [2.75, 3.05) is 31.1 Å². The monoisotopic (exact) mass is 644 g/mol. The summed E-state index contributed by atoms with van der Waals surface area (Å²) >= 11 is 0. The van der Waals surface area contributed by atoms with Gasteiger partial charge < -0.3 is 14.4 Å². The number of aryl methyl sites for hydroxylation is 1. The van der Waals surface area contributed by atoms with Crippen molar-refractivity contribution in [3.63, 3.8) is 0 Å². The maximum absolute atomic E-state index is 14.6. The second-order valence-corrected chi connectivity index (χ2v) is 14.1. The molecule has 1 aromatic heterocycles. The Balaban J connectivity index is 1.17. The van der Waals surface area contributed by atoms with Crippen LogP contribution in [0.2, 0.25) is 0 Å². The minimum atomic E-state index is -4.62. The van der Waals surface area contributed by atoms with Crippen LogP contribution < -0.4 is 4.90 Å². The average Bonchev–Trinajstić information content (AvgIpc) is 3.82. The highest BCUT2D eigenvalue weighted by molar-refractivity contribution is 6.10. The molecule has 7 rings (SSSR count). The summed E-state index contributed by atoms with van der Waals surface area (Å²) in [4.78, 5) is 31.8. The van der Waals surface area contributed by atoms with E-state index >= 15 is 0 Å². The summed E-state index contributed by atoms with van der Waals surface area (Å²) in [5.41, 5.74) is 0.942. The smallest absolute Gasteiger partial charge is 0.331 e. The van der Waals surface area contributed by atoms with Crippen LogP contribution in [0.3, 0.4) is 0 Å². The number of hydrogen-bond donors (Lipinski definition) is 0. The van der Waals surface area contributed by atoms with Crippen molar-refractivity contribution in [2.45, 2.75) is 70.6 Å². The lowest BCUT2D eigenvalue weighted by molar-refractivity contribution is -0.138. The summed E-state index contributed by atoms with van der Waals surface area (Å²) in [7, 11) is 1.91. The van der Waals surface area contributed by atoms with E-state index in [1.165, 1.54) is 11.0 Å². The van der Waals surface area contributed by atoms with Crippen LogP contribution in [0, 0.1) is 23.2 Å². The Morgan fingerprint density at radius 2 is 1.87 bits per heavy atom. The summed E-state index contributed by atoms with van der Waals surface area (Å²) in [6.45, 7) is 8.21. The fourth-order valence-corrected chi connectivity index (χ4v) is 8.64. The van der Waals surface area contributed by atoms with E-state index in [4.69, 9.17) is 0 Å². The van der Waals surface area contributed by atoms with Gasteiger partial charge in [-0.15, -0.1) is 10.2 Å². The number of benzene rings is 2. The van der Waals surface area contributed by atoms with Crippen molar-refractivity contribution in [1.29, 1.82) is 0 Å². The van der Waals surface area contributed by atoms with Gasteiger partial charge in [-0.1, -0.05) is 25.0 Å². The number of likely N-dealkylation sites (tertiary alicyclic amines) is 2. The van der Waals surface area contributed by atoms with Crippen LogP contribution >= 0.6 is 0 Å². The lowest BCUT2D eigenvalue weighted by Gasteiger charge is -2.46. The van der Waals surface area contributed by atoms with E-state index < -0.39 is 17.6 Å². The van der Waals surface area contributed by atoms with Gasteiger partial charge in [0.15, 0.2) is 0 Å². The fourth-order valence-electron chi connectivity index (χ4n) is 8.64. The van der Waals surface area contributed by atoms with Gasteiger partial charge in [0.25, 0.3) is 11.8 Å². The van der Waals surface area contributed by atoms with E-state index in [0.717, 1.165) is 37.1 Å². The largest absolute Gasteiger partial charge is 0.416 e. The first-order valence-corrected chi connectivity index (χ1v) is 16.3. The number of carbonyl (C=O) groups excluding carboxylic acids is 2. The number of carbonyl (C=O) groups is 2. The summed E-state index contributed by atoms with van der Waals surface area (Å²) in [5.74, 6) is 6.02. The van der Waals surface area contributed by atoms with Crippen molar-refractivity contribution in [1.82, 2.24) is 24.6 Å². The number of hydrogen-bond acceptors (Lipinski definition) is 5. The number of halogens is 3. The molecule has 0 N–H and O–H groups in total. The van der Waals surface area contributed by atoms with Crippen LogP contribution in [0.15, 0.2) is 42.7 Å². The minimum absolute atomic E-state index is 0.0176. The molecule has 4 heterocycles. The van der Waals surface area contributed by atoms with Crippen LogP contribution in [-0.2, 0) is 30.0 Å². The van der Waals surface area contributed by atoms with Crippen LogP contribution in [0.4, 0.5) is 18.9 Å². The topological polar surface area (TPSA) is 74.6 Å². The Morgan fingerprint density at radius 3 is 2.55 bits per heavy atom. The third-order valence-corrected chi connectivity index (χ3v) is 11.1. The second-order valence-electron chi connectivity index (χ2n) is 14.1. The molecule has 47 heavy (non-hydrogen) atoms. The molecule has 2 saturated heterocycles. The van der Waals surface area contributed by atoms with E-state index in [1.54, 1.807) is 30.3 Å². The first kappa shape index (κ1) is 31.4. The van der Waals surface area contributed by atoms with Crippen molar-refractivity contribution in [3.8, 4) is 11.8 Å². The average molecular weight is 645 g/mol. The number of fused-ring (bicyclic) bond motifs is 1. The first-order chi connectivity index (χ1) is 22.3. The zero-order valence-electron chi connectivity index (χ0n) is 27.2. The number of anilines is 1. The van der Waals surface area contributed by atoms with Crippen LogP contribution in [0.25, 0.3) is 0 Å². The summed E-state index contributed by atoms with van der Waals surface area (Å²) in [6.07, 6.45) is 0.499. The van der Waals surface area contributed by atoms with E-state index in [1.807, 2.05) is 36.7 Å². The Labute approximate surface area is 272 Å². The van der Waals surface area contributed by atoms with Gasteiger partial charge in [-0.25, -0.2) is 0 Å². The van der Waals surface area contributed by atoms with E-state index in [2.05, 4.69) is 33.9 Å². The quantitative estimate of drug-likeness (QED) is 0.333. The van der Waals surface area contributed by atoms with Crippen molar-refractivity contribution < 1.29 is 22.8 Å². The number of nitrogens with zero attached hydrogens (tertiary/aromatic N) is 6. The van der Waals surface area contributed by atoms with E-state index in [9.17, 15) is 22.8 Å². The third-order valence-electron chi connectivity index (χ3n) is 11.1. The van der Waals surface area contributed by atoms with Gasteiger partial charge in [0.2, 0.25) is 0 Å². The lowest BCUT2D eigenvalue weighted by Crippen LogP contribution is -2.43. The molecule has 11 heteroatoms. The number of rotatable bonds is 5. The van der Waals surface area contributed by atoms with Crippen molar-refractivity contribution in [2.24, 2.45) is 18.4 Å². The van der Waals surface area contributed by atoms with E-state index in [-0.39, 0.29) is 40.5 Å². The van der Waals surface area contributed by atoms with Gasteiger partial charge in [0.1, 0.15) is 12.2 Å². The fraction of sp³-hybridized carbons (Fsp3) is 0.500. The predicted octanol–water partition coefficient (Wildman–Crippen LogP) is 5.72. The molecule has 2 atom stereocenters. The molecule has 246 valence electrons. The van der Waals surface area contributed by atoms with Crippen LogP contribution in [0.1, 0.15) is 90.9 Å². The van der Waals surface area contributed by atoms with Gasteiger partial charge in [-0.05, 0) is 98.9 Å². The van der Waals surface area contributed by atoms with Crippen LogP contribution in [0.5, 0.6) is 0 Å². The zero-order valence-corrected chi connectivity index (χ0v) is 27.2. The highest BCUT2D eigenvalue weighted by Crippen LogP contribution is 2.52. The molecule has 2 amide bonds. The second kappa shape index (κ2) is 11.2. The molecule has 1 aliphatic carbocycles. The summed E-state index contributed by atoms with van der Waals surface area (Å²) in [6, 6.07) is 10.2. The molecule has 0 unspecified atom stereocenters. The Bertz CT molecular complexity index is 1820. The molecule has 4 aliphatic rings. The minimum Gasteiger partial charge on any atom is -0.331 e. The summed E-state index contributed by atoms with van der Waals surface area (Å²) < 4.78 is 45.8. The standard InChI is InChI=1S/C36H39F3N6O2/c1-5-7-31(46)44-13-11-34(21-44)10-12-43(20-34)24(3)25-14-28-29(30(15-25)36(37,38)39)19-45(32(28)47)27-9-6-8-26(16-27)35(17-23(2)18-35)33-41-40-22-42(33)4/h6,8-9,14-16,22-24H,10-13,17-21H2,1-4H3/t23?,24-,34-,35?/m0/s1. The highest BCUT2D eigenvalue weighted by atomic mass is 19.4. The molecular weight excluding hydrogens is 605 g/mol. The SMILES string of the molecule is CC#CC(=O)N1CC[C@]2(CCN([C@@H](C)c3cc4c(c(C(F)(F)F)c3)CN(c3cccc(C5(c6nncn6C)CC(C)C5)c3)C4=O)C2)C1. The number of amides is 2. The van der Waals surface area contributed by atoms with Crippen molar-refractivity contribution >= 4 is 17.5 Å².